The highest BCUT2D eigenvalue weighted by atomic mass is 16.5. The molecule has 0 spiro atoms. The SMILES string of the molecule is COCCCNC(=O)CN(C(C)=O)c1ccc(OC(C)C)cc1. The van der Waals surface area contributed by atoms with Crippen LogP contribution in [-0.2, 0) is 14.3 Å². The molecule has 1 aromatic carbocycles. The number of benzene rings is 1. The fourth-order valence-corrected chi connectivity index (χ4v) is 2.01. The van der Waals surface area contributed by atoms with E-state index in [4.69, 9.17) is 9.47 Å². The standard InChI is InChI=1S/C17H26N2O4/c1-13(2)23-16-8-6-15(7-9-16)19(14(3)20)12-17(21)18-10-5-11-22-4/h6-9,13H,5,10-12H2,1-4H3,(H,18,21). The first-order valence-corrected chi connectivity index (χ1v) is 7.74. The van der Waals surface area contributed by atoms with Crippen LogP contribution >= 0.6 is 0 Å². The minimum Gasteiger partial charge on any atom is -0.491 e. The van der Waals surface area contributed by atoms with Gasteiger partial charge in [-0.15, -0.1) is 0 Å². The molecule has 0 radical (unpaired) electrons. The Kier molecular flexibility index (Phi) is 8.11. The molecule has 0 aliphatic rings. The summed E-state index contributed by atoms with van der Waals surface area (Å²) in [6.07, 6.45) is 0.825. The van der Waals surface area contributed by atoms with Crippen molar-refractivity contribution in [1.82, 2.24) is 5.32 Å². The van der Waals surface area contributed by atoms with Gasteiger partial charge in [-0.1, -0.05) is 0 Å². The van der Waals surface area contributed by atoms with Crippen LogP contribution in [0.5, 0.6) is 5.75 Å². The molecule has 0 fully saturated rings. The summed E-state index contributed by atoms with van der Waals surface area (Å²) in [5.74, 6) is 0.352. The summed E-state index contributed by atoms with van der Waals surface area (Å²) < 4.78 is 10.5. The van der Waals surface area contributed by atoms with Crippen LogP contribution in [-0.4, -0.2) is 44.7 Å². The second-order valence-electron chi connectivity index (χ2n) is 5.46. The van der Waals surface area contributed by atoms with Crippen LogP contribution < -0.4 is 15.0 Å². The summed E-state index contributed by atoms with van der Waals surface area (Å²) in [5, 5.41) is 2.77. The van der Waals surface area contributed by atoms with Crippen molar-refractivity contribution in [2.75, 3.05) is 31.7 Å². The zero-order valence-corrected chi connectivity index (χ0v) is 14.3. The number of nitrogens with one attached hydrogen (secondary N) is 1. The number of nitrogens with zero attached hydrogens (tertiary/aromatic N) is 1. The Bertz CT molecular complexity index is 500. The minimum atomic E-state index is -0.196. The van der Waals surface area contributed by atoms with Crippen LogP contribution in [0.1, 0.15) is 27.2 Å². The van der Waals surface area contributed by atoms with Crippen molar-refractivity contribution < 1.29 is 19.1 Å². The molecule has 1 aromatic rings. The van der Waals surface area contributed by atoms with Crippen LogP contribution in [0.15, 0.2) is 24.3 Å². The van der Waals surface area contributed by atoms with Gasteiger partial charge in [0.2, 0.25) is 11.8 Å². The second kappa shape index (κ2) is 9.84. The lowest BCUT2D eigenvalue weighted by atomic mass is 10.2. The molecular weight excluding hydrogens is 296 g/mol. The fourth-order valence-electron chi connectivity index (χ4n) is 2.01. The number of hydrogen-bond donors (Lipinski definition) is 1. The number of anilines is 1. The number of carbonyl (C=O) groups is 2. The summed E-state index contributed by atoms with van der Waals surface area (Å²) in [6.45, 7) is 6.45. The second-order valence-corrected chi connectivity index (χ2v) is 5.46. The van der Waals surface area contributed by atoms with E-state index in [1.54, 1.807) is 31.4 Å². The predicted molar refractivity (Wildman–Crippen MR) is 89.7 cm³/mol. The highest BCUT2D eigenvalue weighted by Crippen LogP contribution is 2.20. The third-order valence-electron chi connectivity index (χ3n) is 3.05. The van der Waals surface area contributed by atoms with E-state index < -0.39 is 0 Å². The van der Waals surface area contributed by atoms with Gasteiger partial charge in [-0.25, -0.2) is 0 Å². The molecule has 0 atom stereocenters. The van der Waals surface area contributed by atoms with Gasteiger partial charge in [0.15, 0.2) is 0 Å². The Morgan fingerprint density at radius 3 is 2.39 bits per heavy atom. The molecule has 2 amide bonds. The van der Waals surface area contributed by atoms with E-state index in [9.17, 15) is 9.59 Å². The van der Waals surface area contributed by atoms with Crippen LogP contribution in [0.4, 0.5) is 5.69 Å². The summed E-state index contributed by atoms with van der Waals surface area (Å²) in [6, 6.07) is 7.14. The third kappa shape index (κ3) is 7.15. The molecule has 23 heavy (non-hydrogen) atoms. The minimum absolute atomic E-state index is 0.00724. The van der Waals surface area contributed by atoms with E-state index in [1.165, 1.54) is 11.8 Å². The summed E-state index contributed by atoms with van der Waals surface area (Å²) >= 11 is 0. The predicted octanol–water partition coefficient (Wildman–Crippen LogP) is 1.98. The molecule has 0 aliphatic carbocycles. The van der Waals surface area contributed by atoms with E-state index in [0.29, 0.717) is 18.8 Å². The van der Waals surface area contributed by atoms with E-state index >= 15 is 0 Å². The van der Waals surface area contributed by atoms with Crippen molar-refractivity contribution in [3.8, 4) is 5.75 Å². The molecule has 0 bridgehead atoms. The monoisotopic (exact) mass is 322 g/mol. The van der Waals surface area contributed by atoms with Gasteiger partial charge in [0.25, 0.3) is 0 Å². The lowest BCUT2D eigenvalue weighted by Crippen LogP contribution is -2.40. The van der Waals surface area contributed by atoms with Crippen molar-refractivity contribution in [3.05, 3.63) is 24.3 Å². The maximum absolute atomic E-state index is 11.9. The summed E-state index contributed by atoms with van der Waals surface area (Å²) in [4.78, 5) is 25.2. The molecule has 0 aliphatic heterocycles. The van der Waals surface area contributed by atoms with Gasteiger partial charge < -0.3 is 19.7 Å². The molecule has 6 heteroatoms. The highest BCUT2D eigenvalue weighted by molar-refractivity contribution is 5.97. The van der Waals surface area contributed by atoms with Crippen LogP contribution in [0.3, 0.4) is 0 Å². The lowest BCUT2D eigenvalue weighted by Gasteiger charge is -2.21. The Hall–Kier alpha value is -2.08. The van der Waals surface area contributed by atoms with Crippen LogP contribution in [0.2, 0.25) is 0 Å². The first kappa shape index (κ1) is 19.0. The van der Waals surface area contributed by atoms with Crippen molar-refractivity contribution in [3.63, 3.8) is 0 Å². The molecule has 128 valence electrons. The first-order valence-electron chi connectivity index (χ1n) is 7.74. The smallest absolute Gasteiger partial charge is 0.240 e. The molecule has 0 unspecified atom stereocenters. The summed E-state index contributed by atoms with van der Waals surface area (Å²) in [5.41, 5.74) is 0.667. The zero-order chi connectivity index (χ0) is 17.2. The maximum atomic E-state index is 11.9. The average Bonchev–Trinajstić information content (AvgIpc) is 2.49. The lowest BCUT2D eigenvalue weighted by molar-refractivity contribution is -0.123. The quantitative estimate of drug-likeness (QED) is 0.706. The number of methoxy groups -OCH3 is 1. The Morgan fingerprint density at radius 1 is 1.22 bits per heavy atom. The number of amides is 2. The number of ether oxygens (including phenoxy) is 2. The molecular formula is C17H26N2O4. The van der Waals surface area contributed by atoms with Crippen molar-refractivity contribution in [2.24, 2.45) is 0 Å². The van der Waals surface area contributed by atoms with Gasteiger partial charge in [-0.2, -0.15) is 0 Å². The van der Waals surface area contributed by atoms with Gasteiger partial charge in [0.1, 0.15) is 12.3 Å². The Morgan fingerprint density at radius 2 is 1.87 bits per heavy atom. The maximum Gasteiger partial charge on any atom is 0.240 e. The van der Waals surface area contributed by atoms with Crippen LogP contribution in [0, 0.1) is 0 Å². The fraction of sp³-hybridized carbons (Fsp3) is 0.529. The van der Waals surface area contributed by atoms with E-state index in [1.807, 2.05) is 13.8 Å². The van der Waals surface area contributed by atoms with E-state index in [0.717, 1.165) is 12.2 Å². The van der Waals surface area contributed by atoms with Gasteiger partial charge in [0, 0.05) is 32.9 Å². The van der Waals surface area contributed by atoms with Crippen molar-refractivity contribution in [1.29, 1.82) is 0 Å². The molecule has 0 aromatic heterocycles. The molecule has 6 nitrogen and oxygen atoms in total. The van der Waals surface area contributed by atoms with Gasteiger partial charge in [-0.05, 0) is 44.5 Å². The third-order valence-corrected chi connectivity index (χ3v) is 3.05. The van der Waals surface area contributed by atoms with Crippen LogP contribution in [0.25, 0.3) is 0 Å². The average molecular weight is 322 g/mol. The van der Waals surface area contributed by atoms with Gasteiger partial charge >= 0.3 is 0 Å². The number of hydrogen-bond acceptors (Lipinski definition) is 4. The molecule has 1 rings (SSSR count). The van der Waals surface area contributed by atoms with Gasteiger partial charge in [0.05, 0.1) is 6.10 Å². The topological polar surface area (TPSA) is 67.9 Å². The van der Waals surface area contributed by atoms with Gasteiger partial charge in [-0.3, -0.25) is 9.59 Å². The molecule has 0 saturated carbocycles. The summed E-state index contributed by atoms with van der Waals surface area (Å²) in [7, 11) is 1.62. The zero-order valence-electron chi connectivity index (χ0n) is 14.3. The molecule has 0 saturated heterocycles. The Balaban J connectivity index is 2.63. The Labute approximate surface area is 137 Å². The molecule has 1 N–H and O–H groups in total. The normalized spacial score (nSPS) is 10.5. The number of rotatable bonds is 9. The highest BCUT2D eigenvalue weighted by Gasteiger charge is 2.15. The van der Waals surface area contributed by atoms with Crippen molar-refractivity contribution >= 4 is 17.5 Å². The van der Waals surface area contributed by atoms with E-state index in [2.05, 4.69) is 5.32 Å². The number of carbonyl (C=O) groups excluding carboxylic acids is 2. The largest absolute Gasteiger partial charge is 0.491 e. The van der Waals surface area contributed by atoms with Crippen molar-refractivity contribution in [2.45, 2.75) is 33.3 Å². The molecule has 0 heterocycles. The van der Waals surface area contributed by atoms with E-state index in [-0.39, 0.29) is 24.5 Å². The first-order chi connectivity index (χ1) is 10.9.